The fourth-order valence-electron chi connectivity index (χ4n) is 2.79. The molecule has 0 spiro atoms. The molecule has 1 aromatic carbocycles. The third-order valence-corrected chi connectivity index (χ3v) is 3.96. The first-order valence-corrected chi connectivity index (χ1v) is 6.62. The minimum Gasteiger partial charge on any atom is -0.329 e. The van der Waals surface area contributed by atoms with Crippen molar-refractivity contribution in [2.45, 2.75) is 18.9 Å². The van der Waals surface area contributed by atoms with Crippen LogP contribution in [0.3, 0.4) is 0 Å². The predicted molar refractivity (Wildman–Crippen MR) is 68.5 cm³/mol. The van der Waals surface area contributed by atoms with Gasteiger partial charge in [0.15, 0.2) is 5.82 Å². The fraction of sp³-hybridized carbons (Fsp3) is 0.385. The van der Waals surface area contributed by atoms with Gasteiger partial charge in [-0.2, -0.15) is 0 Å². The van der Waals surface area contributed by atoms with Crippen molar-refractivity contribution in [3.63, 3.8) is 0 Å². The maximum Gasteiger partial charge on any atom is 0.250 e. The van der Waals surface area contributed by atoms with Crippen LogP contribution in [0.15, 0.2) is 12.1 Å². The van der Waals surface area contributed by atoms with E-state index < -0.39 is 17.7 Å². The Labute approximate surface area is 118 Å². The molecule has 7 heteroatoms. The van der Waals surface area contributed by atoms with Crippen LogP contribution in [0.1, 0.15) is 12.8 Å². The first-order valence-electron chi connectivity index (χ1n) is 6.24. The second kappa shape index (κ2) is 4.70. The third kappa shape index (κ3) is 1.95. The summed E-state index contributed by atoms with van der Waals surface area (Å²) in [5.41, 5.74) is -0.224. The summed E-state index contributed by atoms with van der Waals surface area (Å²) in [6.45, 7) is 0.278. The molecule has 1 atom stereocenters. The highest BCUT2D eigenvalue weighted by atomic mass is 35.5. The number of amides is 2. The van der Waals surface area contributed by atoms with Crippen LogP contribution < -0.4 is 4.90 Å². The van der Waals surface area contributed by atoms with E-state index in [1.54, 1.807) is 0 Å². The average Bonchev–Trinajstić information content (AvgIpc) is 2.83. The maximum atomic E-state index is 13.9. The Hall–Kier alpha value is -1.69. The van der Waals surface area contributed by atoms with E-state index >= 15 is 0 Å². The summed E-state index contributed by atoms with van der Waals surface area (Å²) in [5.74, 6) is -2.38. The molecule has 2 amide bonds. The molecule has 2 saturated heterocycles. The molecule has 0 aliphatic carbocycles. The van der Waals surface area contributed by atoms with E-state index in [-0.39, 0.29) is 29.1 Å². The van der Waals surface area contributed by atoms with Crippen LogP contribution >= 0.6 is 11.6 Å². The van der Waals surface area contributed by atoms with Crippen molar-refractivity contribution in [3.05, 3.63) is 28.8 Å². The van der Waals surface area contributed by atoms with Crippen LogP contribution in [-0.2, 0) is 9.59 Å². The molecule has 2 aliphatic rings. The SMILES string of the molecule is O=C1C2CCCN2C(=O)CN1c1c(F)cc(F)cc1Cl. The average molecular weight is 301 g/mol. The zero-order chi connectivity index (χ0) is 14.4. The van der Waals surface area contributed by atoms with Crippen molar-refractivity contribution in [2.75, 3.05) is 18.0 Å². The molecule has 2 fully saturated rings. The number of anilines is 1. The topological polar surface area (TPSA) is 40.6 Å². The van der Waals surface area contributed by atoms with Crippen molar-refractivity contribution in [3.8, 4) is 0 Å². The van der Waals surface area contributed by atoms with Gasteiger partial charge in [-0.25, -0.2) is 8.78 Å². The molecule has 20 heavy (non-hydrogen) atoms. The molecule has 4 nitrogen and oxygen atoms in total. The highest BCUT2D eigenvalue weighted by Gasteiger charge is 2.43. The summed E-state index contributed by atoms with van der Waals surface area (Å²) in [6, 6.07) is 1.02. The Morgan fingerprint density at radius 3 is 2.70 bits per heavy atom. The number of benzene rings is 1. The Kier molecular flexibility index (Phi) is 3.12. The first kappa shape index (κ1) is 13.3. The van der Waals surface area contributed by atoms with Gasteiger partial charge in [0.1, 0.15) is 18.4 Å². The van der Waals surface area contributed by atoms with E-state index in [1.165, 1.54) is 4.90 Å². The minimum absolute atomic E-state index is 0.213. The van der Waals surface area contributed by atoms with E-state index in [0.29, 0.717) is 19.0 Å². The maximum absolute atomic E-state index is 13.9. The molecule has 0 bridgehead atoms. The van der Waals surface area contributed by atoms with E-state index in [0.717, 1.165) is 17.4 Å². The quantitative estimate of drug-likeness (QED) is 0.795. The monoisotopic (exact) mass is 300 g/mol. The van der Waals surface area contributed by atoms with Crippen LogP contribution in [0.25, 0.3) is 0 Å². The molecule has 3 rings (SSSR count). The summed E-state index contributed by atoms with van der Waals surface area (Å²) in [4.78, 5) is 26.9. The molecule has 2 heterocycles. The fourth-order valence-corrected chi connectivity index (χ4v) is 3.08. The van der Waals surface area contributed by atoms with E-state index in [2.05, 4.69) is 0 Å². The summed E-state index contributed by atoms with van der Waals surface area (Å²) in [7, 11) is 0. The molecule has 0 radical (unpaired) electrons. The Morgan fingerprint density at radius 1 is 1.25 bits per heavy atom. The number of halogens is 3. The molecule has 106 valence electrons. The van der Waals surface area contributed by atoms with Gasteiger partial charge in [-0.3, -0.25) is 14.5 Å². The van der Waals surface area contributed by atoms with E-state index in [1.807, 2.05) is 0 Å². The molecular weight excluding hydrogens is 290 g/mol. The zero-order valence-electron chi connectivity index (χ0n) is 10.4. The Morgan fingerprint density at radius 2 is 2.00 bits per heavy atom. The number of nitrogens with zero attached hydrogens (tertiary/aromatic N) is 2. The largest absolute Gasteiger partial charge is 0.329 e. The normalized spacial score (nSPS) is 22.4. The highest BCUT2D eigenvalue weighted by Crippen LogP contribution is 2.34. The smallest absolute Gasteiger partial charge is 0.250 e. The first-order chi connectivity index (χ1) is 9.49. The standard InChI is InChI=1S/C13H11ClF2N2O2/c14-8-4-7(15)5-9(16)12(8)18-6-11(19)17-3-1-2-10(17)13(18)20/h4-5,10H,1-3,6H2. The van der Waals surface area contributed by atoms with Gasteiger partial charge in [-0.05, 0) is 18.9 Å². The van der Waals surface area contributed by atoms with Crippen LogP contribution in [-0.4, -0.2) is 35.8 Å². The molecular formula is C13H11ClF2N2O2. The summed E-state index contributed by atoms with van der Waals surface area (Å²) in [6.07, 6.45) is 1.30. The van der Waals surface area contributed by atoms with Crippen LogP contribution in [0.2, 0.25) is 5.02 Å². The van der Waals surface area contributed by atoms with Crippen molar-refractivity contribution >= 4 is 29.1 Å². The molecule has 1 unspecified atom stereocenters. The lowest BCUT2D eigenvalue weighted by molar-refractivity contribution is -0.140. The lowest BCUT2D eigenvalue weighted by atomic mass is 10.1. The van der Waals surface area contributed by atoms with Crippen LogP contribution in [0.4, 0.5) is 14.5 Å². The summed E-state index contributed by atoms with van der Waals surface area (Å²) < 4.78 is 27.0. The van der Waals surface area contributed by atoms with Gasteiger partial charge in [0.2, 0.25) is 11.8 Å². The second-order valence-electron chi connectivity index (χ2n) is 4.89. The zero-order valence-corrected chi connectivity index (χ0v) is 11.2. The Balaban J connectivity index is 2.02. The van der Waals surface area contributed by atoms with Gasteiger partial charge in [0.25, 0.3) is 0 Å². The van der Waals surface area contributed by atoms with Crippen molar-refractivity contribution < 1.29 is 18.4 Å². The second-order valence-corrected chi connectivity index (χ2v) is 5.29. The lowest BCUT2D eigenvalue weighted by Gasteiger charge is -2.36. The van der Waals surface area contributed by atoms with Crippen LogP contribution in [0.5, 0.6) is 0 Å². The van der Waals surface area contributed by atoms with Gasteiger partial charge in [0, 0.05) is 12.6 Å². The third-order valence-electron chi connectivity index (χ3n) is 3.67. The number of fused-ring (bicyclic) bond motifs is 1. The number of carbonyl (C=O) groups is 2. The molecule has 1 aromatic rings. The molecule has 0 N–H and O–H groups in total. The number of hydrogen-bond acceptors (Lipinski definition) is 2. The van der Waals surface area contributed by atoms with Gasteiger partial charge < -0.3 is 4.90 Å². The van der Waals surface area contributed by atoms with Gasteiger partial charge in [-0.15, -0.1) is 0 Å². The highest BCUT2D eigenvalue weighted by molar-refractivity contribution is 6.34. The number of carbonyl (C=O) groups excluding carboxylic acids is 2. The summed E-state index contributed by atoms with van der Waals surface area (Å²) >= 11 is 5.83. The summed E-state index contributed by atoms with van der Waals surface area (Å²) in [5, 5.41) is -0.213. The molecule has 2 aliphatic heterocycles. The van der Waals surface area contributed by atoms with Gasteiger partial charge in [0.05, 0.1) is 10.7 Å². The van der Waals surface area contributed by atoms with Gasteiger partial charge >= 0.3 is 0 Å². The molecule has 0 saturated carbocycles. The predicted octanol–water partition coefficient (Wildman–Crippen LogP) is 1.96. The number of piperazine rings is 1. The number of rotatable bonds is 1. The van der Waals surface area contributed by atoms with Crippen LogP contribution in [0, 0.1) is 11.6 Å². The minimum atomic E-state index is -0.942. The van der Waals surface area contributed by atoms with Gasteiger partial charge in [-0.1, -0.05) is 11.6 Å². The van der Waals surface area contributed by atoms with Crippen molar-refractivity contribution in [1.82, 2.24) is 4.90 Å². The van der Waals surface area contributed by atoms with Crippen molar-refractivity contribution in [2.24, 2.45) is 0 Å². The number of hydrogen-bond donors (Lipinski definition) is 0. The molecule has 0 aromatic heterocycles. The lowest BCUT2D eigenvalue weighted by Crippen LogP contribution is -2.57. The van der Waals surface area contributed by atoms with E-state index in [9.17, 15) is 18.4 Å². The van der Waals surface area contributed by atoms with Crippen molar-refractivity contribution in [1.29, 1.82) is 0 Å². The Bertz CT molecular complexity index is 585. The van der Waals surface area contributed by atoms with E-state index in [4.69, 9.17) is 11.6 Å².